The molecule has 0 spiro atoms. The molecule has 0 radical (unpaired) electrons. The van der Waals surface area contributed by atoms with Gasteiger partial charge >= 0.3 is 0 Å². The highest BCUT2D eigenvalue weighted by atomic mass is 19.2. The molecule has 1 heterocycles. The monoisotopic (exact) mass is 298 g/mol. The van der Waals surface area contributed by atoms with Crippen molar-refractivity contribution in [2.45, 2.75) is 32.4 Å². The van der Waals surface area contributed by atoms with E-state index in [9.17, 15) is 8.78 Å². The number of hydrogen-bond donors (Lipinski definition) is 1. The van der Waals surface area contributed by atoms with Gasteiger partial charge in [0, 0.05) is 18.7 Å². The van der Waals surface area contributed by atoms with Crippen molar-refractivity contribution in [2.24, 2.45) is 0 Å². The lowest BCUT2D eigenvalue weighted by atomic mass is 9.98. The fourth-order valence-electron chi connectivity index (χ4n) is 2.90. The van der Waals surface area contributed by atoms with E-state index in [1.165, 1.54) is 0 Å². The molecular formula is C16H24F2N2O. The van der Waals surface area contributed by atoms with Crippen LogP contribution in [0.4, 0.5) is 8.78 Å². The van der Waals surface area contributed by atoms with Crippen molar-refractivity contribution < 1.29 is 13.5 Å². The third kappa shape index (κ3) is 3.59. The Kier molecular flexibility index (Phi) is 5.67. The molecule has 0 bridgehead atoms. The van der Waals surface area contributed by atoms with E-state index in [-0.39, 0.29) is 12.1 Å². The minimum Gasteiger partial charge on any atom is -0.374 e. The van der Waals surface area contributed by atoms with Crippen LogP contribution in [0.1, 0.15) is 30.5 Å². The molecule has 0 saturated carbocycles. The third-order valence-corrected chi connectivity index (χ3v) is 4.04. The smallest absolute Gasteiger partial charge is 0.163 e. The molecule has 0 aromatic heterocycles. The number of hydrogen-bond acceptors (Lipinski definition) is 3. The van der Waals surface area contributed by atoms with Crippen molar-refractivity contribution in [1.82, 2.24) is 10.2 Å². The van der Waals surface area contributed by atoms with E-state index in [0.717, 1.165) is 26.1 Å². The Bertz CT molecular complexity index is 480. The first-order valence-corrected chi connectivity index (χ1v) is 7.54. The minimum absolute atomic E-state index is 0.174. The summed E-state index contributed by atoms with van der Waals surface area (Å²) in [6.07, 6.45) is 0.900. The van der Waals surface area contributed by atoms with Crippen LogP contribution in [-0.4, -0.2) is 44.3 Å². The summed E-state index contributed by atoms with van der Waals surface area (Å²) >= 11 is 0. The van der Waals surface area contributed by atoms with E-state index in [4.69, 9.17) is 4.74 Å². The van der Waals surface area contributed by atoms with Gasteiger partial charge in [0.1, 0.15) is 0 Å². The highest BCUT2D eigenvalue weighted by molar-refractivity contribution is 5.28. The molecule has 1 aromatic rings. The Morgan fingerprint density at radius 1 is 1.38 bits per heavy atom. The summed E-state index contributed by atoms with van der Waals surface area (Å²) in [7, 11) is 1.75. The van der Waals surface area contributed by atoms with Crippen molar-refractivity contribution in [1.29, 1.82) is 0 Å². The van der Waals surface area contributed by atoms with Gasteiger partial charge in [-0.15, -0.1) is 0 Å². The average molecular weight is 298 g/mol. The van der Waals surface area contributed by atoms with Gasteiger partial charge in [0.25, 0.3) is 0 Å². The summed E-state index contributed by atoms with van der Waals surface area (Å²) in [5, 5.41) is 3.08. The zero-order chi connectivity index (χ0) is 15.4. The topological polar surface area (TPSA) is 24.5 Å². The van der Waals surface area contributed by atoms with Gasteiger partial charge in [0.2, 0.25) is 0 Å². The van der Waals surface area contributed by atoms with Crippen molar-refractivity contribution in [3.8, 4) is 0 Å². The normalized spacial score (nSPS) is 21.5. The standard InChI is InChI=1S/C16H24F2N2O/c1-4-7-20-8-9-21-13(10-20)16(19-3)12-6-5-11(2)14(17)15(12)18/h5-6,13,16,19H,4,7-10H2,1-3H3. The van der Waals surface area contributed by atoms with Crippen LogP contribution < -0.4 is 5.32 Å². The maximum atomic E-state index is 14.2. The van der Waals surface area contributed by atoms with Gasteiger partial charge in [-0.2, -0.15) is 0 Å². The zero-order valence-electron chi connectivity index (χ0n) is 13.0. The molecule has 3 nitrogen and oxygen atoms in total. The molecule has 1 saturated heterocycles. The first-order valence-electron chi connectivity index (χ1n) is 7.54. The molecule has 21 heavy (non-hydrogen) atoms. The Balaban J connectivity index is 2.21. The molecular weight excluding hydrogens is 274 g/mol. The second kappa shape index (κ2) is 7.29. The summed E-state index contributed by atoms with van der Waals surface area (Å²) in [4.78, 5) is 2.31. The van der Waals surface area contributed by atoms with Crippen LogP contribution in [0.2, 0.25) is 0 Å². The molecule has 1 aliphatic rings. The van der Waals surface area contributed by atoms with E-state index in [1.807, 2.05) is 0 Å². The lowest BCUT2D eigenvalue weighted by Gasteiger charge is -2.37. The van der Waals surface area contributed by atoms with Crippen molar-refractivity contribution >= 4 is 0 Å². The number of halogens is 2. The van der Waals surface area contributed by atoms with Crippen LogP contribution in [0.15, 0.2) is 12.1 Å². The molecule has 1 N–H and O–H groups in total. The maximum absolute atomic E-state index is 14.2. The van der Waals surface area contributed by atoms with E-state index in [2.05, 4.69) is 17.1 Å². The van der Waals surface area contributed by atoms with E-state index < -0.39 is 11.6 Å². The van der Waals surface area contributed by atoms with Crippen LogP contribution in [0.3, 0.4) is 0 Å². The molecule has 0 aliphatic carbocycles. The quantitative estimate of drug-likeness (QED) is 0.904. The molecule has 5 heteroatoms. The van der Waals surface area contributed by atoms with Crippen molar-refractivity contribution in [2.75, 3.05) is 33.3 Å². The Morgan fingerprint density at radius 2 is 2.14 bits per heavy atom. The maximum Gasteiger partial charge on any atom is 0.163 e. The molecule has 118 valence electrons. The van der Waals surface area contributed by atoms with Gasteiger partial charge in [-0.1, -0.05) is 19.1 Å². The first kappa shape index (κ1) is 16.3. The highest BCUT2D eigenvalue weighted by Crippen LogP contribution is 2.27. The predicted octanol–water partition coefficient (Wildman–Crippen LogP) is 2.64. The molecule has 2 unspecified atom stereocenters. The lowest BCUT2D eigenvalue weighted by Crippen LogP contribution is -2.48. The largest absolute Gasteiger partial charge is 0.374 e. The van der Waals surface area contributed by atoms with Gasteiger partial charge in [0.05, 0.1) is 18.8 Å². The van der Waals surface area contributed by atoms with Gasteiger partial charge in [-0.05, 0) is 32.5 Å². The summed E-state index contributed by atoms with van der Waals surface area (Å²) < 4.78 is 33.8. The van der Waals surface area contributed by atoms with Crippen molar-refractivity contribution in [3.63, 3.8) is 0 Å². The van der Waals surface area contributed by atoms with E-state index in [1.54, 1.807) is 26.1 Å². The first-order chi connectivity index (χ1) is 10.1. The molecule has 1 fully saturated rings. The van der Waals surface area contributed by atoms with Crippen LogP contribution in [0.5, 0.6) is 0 Å². The van der Waals surface area contributed by atoms with E-state index >= 15 is 0 Å². The van der Waals surface area contributed by atoms with E-state index in [0.29, 0.717) is 17.7 Å². The average Bonchev–Trinajstić information content (AvgIpc) is 2.49. The van der Waals surface area contributed by atoms with Crippen LogP contribution in [0, 0.1) is 18.6 Å². The van der Waals surface area contributed by atoms with Gasteiger partial charge in [-0.25, -0.2) is 8.78 Å². The van der Waals surface area contributed by atoms with Gasteiger partial charge in [-0.3, -0.25) is 4.90 Å². The molecule has 0 amide bonds. The number of morpholine rings is 1. The summed E-state index contributed by atoms with van der Waals surface area (Å²) in [5.41, 5.74) is 0.659. The fourth-order valence-corrected chi connectivity index (χ4v) is 2.90. The van der Waals surface area contributed by atoms with Crippen molar-refractivity contribution in [3.05, 3.63) is 34.9 Å². The Labute approximate surface area is 125 Å². The number of aryl methyl sites for hydroxylation is 1. The van der Waals surface area contributed by atoms with Crippen LogP contribution in [0.25, 0.3) is 0 Å². The molecule has 1 aromatic carbocycles. The number of rotatable bonds is 5. The summed E-state index contributed by atoms with van der Waals surface area (Å²) in [6, 6.07) is 2.92. The molecule has 2 rings (SSSR count). The zero-order valence-corrected chi connectivity index (χ0v) is 13.0. The SMILES string of the molecule is CCCN1CCOC(C(NC)c2ccc(C)c(F)c2F)C1. The van der Waals surface area contributed by atoms with Gasteiger partial charge in [0.15, 0.2) is 11.6 Å². The fraction of sp³-hybridized carbons (Fsp3) is 0.625. The third-order valence-electron chi connectivity index (χ3n) is 4.04. The highest BCUT2D eigenvalue weighted by Gasteiger charge is 2.30. The number of nitrogens with one attached hydrogen (secondary N) is 1. The number of nitrogens with zero attached hydrogens (tertiary/aromatic N) is 1. The lowest BCUT2D eigenvalue weighted by molar-refractivity contribution is -0.0464. The Morgan fingerprint density at radius 3 is 2.81 bits per heavy atom. The predicted molar refractivity (Wildman–Crippen MR) is 79.4 cm³/mol. The second-order valence-corrected chi connectivity index (χ2v) is 5.58. The Hall–Kier alpha value is -1.04. The second-order valence-electron chi connectivity index (χ2n) is 5.58. The number of ether oxygens (including phenoxy) is 1. The number of benzene rings is 1. The summed E-state index contributed by atoms with van der Waals surface area (Å²) in [6.45, 7) is 6.95. The molecule has 2 atom stereocenters. The minimum atomic E-state index is -0.773. The molecule has 1 aliphatic heterocycles. The number of likely N-dealkylation sites (N-methyl/N-ethyl adjacent to an activating group) is 1. The van der Waals surface area contributed by atoms with Crippen LogP contribution >= 0.6 is 0 Å². The van der Waals surface area contributed by atoms with Gasteiger partial charge < -0.3 is 10.1 Å². The summed E-state index contributed by atoms with van der Waals surface area (Å²) in [5.74, 6) is -1.54. The van der Waals surface area contributed by atoms with Crippen LogP contribution in [-0.2, 0) is 4.74 Å².